The van der Waals surface area contributed by atoms with Gasteiger partial charge in [0, 0.05) is 11.8 Å². The molecule has 0 aliphatic carbocycles. The van der Waals surface area contributed by atoms with E-state index in [0.717, 1.165) is 0 Å². The van der Waals surface area contributed by atoms with Crippen LogP contribution < -0.4 is 11.5 Å². The maximum atomic E-state index is 5.74. The number of hydrogen-bond acceptors (Lipinski definition) is 6. The van der Waals surface area contributed by atoms with E-state index in [-0.39, 0.29) is 0 Å². The number of rotatable bonds is 1. The molecule has 0 atom stereocenters. The molecule has 0 unspecified atom stereocenters. The Hall–Kier alpha value is -2.24. The van der Waals surface area contributed by atoms with Crippen LogP contribution in [0.3, 0.4) is 0 Å². The SMILES string of the molecule is Nc1nccc(-c2ccnnn2)c1N. The Morgan fingerprint density at radius 2 is 1.93 bits per heavy atom. The van der Waals surface area contributed by atoms with Crippen LogP contribution >= 0.6 is 0 Å². The molecule has 14 heavy (non-hydrogen) atoms. The van der Waals surface area contributed by atoms with E-state index >= 15 is 0 Å². The number of hydrogen-bond donors (Lipinski definition) is 2. The Kier molecular flexibility index (Phi) is 1.94. The van der Waals surface area contributed by atoms with Crippen molar-refractivity contribution in [1.82, 2.24) is 20.4 Å². The van der Waals surface area contributed by atoms with Gasteiger partial charge in [-0.25, -0.2) is 4.98 Å². The van der Waals surface area contributed by atoms with E-state index in [1.807, 2.05) is 0 Å². The van der Waals surface area contributed by atoms with Crippen LogP contribution in [0.5, 0.6) is 0 Å². The minimum absolute atomic E-state index is 0.293. The molecule has 2 aromatic heterocycles. The lowest BCUT2D eigenvalue weighted by Crippen LogP contribution is -2.00. The van der Waals surface area contributed by atoms with Gasteiger partial charge < -0.3 is 11.5 Å². The second-order valence-corrected chi connectivity index (χ2v) is 2.66. The van der Waals surface area contributed by atoms with E-state index in [9.17, 15) is 0 Å². The lowest BCUT2D eigenvalue weighted by molar-refractivity contribution is 0.870. The molecule has 70 valence electrons. The Balaban J connectivity index is 2.58. The summed E-state index contributed by atoms with van der Waals surface area (Å²) in [5, 5.41) is 10.9. The van der Waals surface area contributed by atoms with Crippen molar-refractivity contribution in [1.29, 1.82) is 0 Å². The standard InChI is InChI=1S/C8H8N6/c9-7-5(1-3-11-8(7)10)6-2-4-12-14-13-6/h1-4H,9H2,(H2,10,11). The number of nitrogen functional groups attached to an aromatic ring is 2. The van der Waals surface area contributed by atoms with E-state index in [1.165, 1.54) is 0 Å². The van der Waals surface area contributed by atoms with Crippen molar-refractivity contribution in [2.75, 3.05) is 11.5 Å². The first-order chi connectivity index (χ1) is 6.79. The smallest absolute Gasteiger partial charge is 0.147 e. The fraction of sp³-hybridized carbons (Fsp3) is 0. The molecule has 0 saturated heterocycles. The molecule has 0 spiro atoms. The first kappa shape index (κ1) is 8.36. The monoisotopic (exact) mass is 188 g/mol. The third kappa shape index (κ3) is 1.33. The Morgan fingerprint density at radius 3 is 2.64 bits per heavy atom. The highest BCUT2D eigenvalue weighted by atomic mass is 15.3. The van der Waals surface area contributed by atoms with Crippen LogP contribution in [-0.4, -0.2) is 20.4 Å². The van der Waals surface area contributed by atoms with Crippen molar-refractivity contribution in [2.24, 2.45) is 0 Å². The summed E-state index contributed by atoms with van der Waals surface area (Å²) < 4.78 is 0. The summed E-state index contributed by atoms with van der Waals surface area (Å²) in [7, 11) is 0. The molecule has 0 saturated carbocycles. The summed E-state index contributed by atoms with van der Waals surface area (Å²) in [4.78, 5) is 3.85. The molecule has 6 nitrogen and oxygen atoms in total. The van der Waals surface area contributed by atoms with Gasteiger partial charge in [0.05, 0.1) is 17.6 Å². The summed E-state index contributed by atoms with van der Waals surface area (Å²) in [6, 6.07) is 3.44. The van der Waals surface area contributed by atoms with Crippen LogP contribution in [0.2, 0.25) is 0 Å². The van der Waals surface area contributed by atoms with Crippen molar-refractivity contribution in [3.8, 4) is 11.3 Å². The van der Waals surface area contributed by atoms with Crippen molar-refractivity contribution < 1.29 is 0 Å². The van der Waals surface area contributed by atoms with Gasteiger partial charge in [-0.05, 0) is 17.3 Å². The van der Waals surface area contributed by atoms with Gasteiger partial charge in [-0.1, -0.05) is 0 Å². The van der Waals surface area contributed by atoms with E-state index in [2.05, 4.69) is 20.4 Å². The van der Waals surface area contributed by atoms with Crippen molar-refractivity contribution in [3.63, 3.8) is 0 Å². The number of nitrogens with zero attached hydrogens (tertiary/aromatic N) is 4. The van der Waals surface area contributed by atoms with Crippen LogP contribution in [0.25, 0.3) is 11.3 Å². The van der Waals surface area contributed by atoms with Crippen molar-refractivity contribution in [2.45, 2.75) is 0 Å². The predicted octanol–water partition coefficient (Wildman–Crippen LogP) is 0.0980. The van der Waals surface area contributed by atoms with Crippen LogP contribution in [0.1, 0.15) is 0 Å². The molecular weight excluding hydrogens is 180 g/mol. The lowest BCUT2D eigenvalue weighted by atomic mass is 10.1. The lowest BCUT2D eigenvalue weighted by Gasteiger charge is -2.04. The molecule has 0 aliphatic rings. The Bertz CT molecular complexity index is 441. The molecule has 2 aromatic rings. The van der Waals surface area contributed by atoms with Crippen LogP contribution in [0, 0.1) is 0 Å². The molecule has 2 rings (SSSR count). The summed E-state index contributed by atoms with van der Waals surface area (Å²) >= 11 is 0. The van der Waals surface area contributed by atoms with Gasteiger partial charge in [0.2, 0.25) is 0 Å². The molecule has 0 amide bonds. The highest BCUT2D eigenvalue weighted by molar-refractivity contribution is 5.80. The number of nitrogens with two attached hydrogens (primary N) is 2. The zero-order chi connectivity index (χ0) is 9.97. The third-order valence-corrected chi connectivity index (χ3v) is 1.80. The summed E-state index contributed by atoms with van der Waals surface area (Å²) in [5.74, 6) is 0.293. The van der Waals surface area contributed by atoms with Gasteiger partial charge in [0.25, 0.3) is 0 Å². The first-order valence-corrected chi connectivity index (χ1v) is 3.93. The molecule has 0 fully saturated rings. The fourth-order valence-corrected chi connectivity index (χ4v) is 1.10. The number of pyridine rings is 1. The zero-order valence-electron chi connectivity index (χ0n) is 7.25. The average Bonchev–Trinajstić information content (AvgIpc) is 2.23. The molecule has 6 heteroatoms. The van der Waals surface area contributed by atoms with Gasteiger partial charge in [0.1, 0.15) is 5.82 Å². The van der Waals surface area contributed by atoms with Gasteiger partial charge >= 0.3 is 0 Å². The minimum atomic E-state index is 0.293. The zero-order valence-corrected chi connectivity index (χ0v) is 7.25. The van der Waals surface area contributed by atoms with Gasteiger partial charge in [-0.15, -0.1) is 10.2 Å². The van der Waals surface area contributed by atoms with Crippen molar-refractivity contribution >= 4 is 11.5 Å². The van der Waals surface area contributed by atoms with Crippen molar-refractivity contribution in [3.05, 3.63) is 24.5 Å². The highest BCUT2D eigenvalue weighted by Gasteiger charge is 2.06. The van der Waals surface area contributed by atoms with E-state index in [1.54, 1.807) is 24.5 Å². The second-order valence-electron chi connectivity index (χ2n) is 2.66. The highest BCUT2D eigenvalue weighted by Crippen LogP contribution is 2.25. The maximum Gasteiger partial charge on any atom is 0.147 e. The summed E-state index contributed by atoms with van der Waals surface area (Å²) in [6.45, 7) is 0. The molecular formula is C8H8N6. The second kappa shape index (κ2) is 3.25. The molecule has 0 radical (unpaired) electrons. The first-order valence-electron chi connectivity index (χ1n) is 3.93. The van der Waals surface area contributed by atoms with Gasteiger partial charge in [-0.2, -0.15) is 0 Å². The normalized spacial score (nSPS) is 10.0. The average molecular weight is 188 g/mol. The molecule has 0 aliphatic heterocycles. The number of anilines is 2. The fourth-order valence-electron chi connectivity index (χ4n) is 1.10. The molecule has 0 bridgehead atoms. The van der Waals surface area contributed by atoms with E-state index < -0.39 is 0 Å². The van der Waals surface area contributed by atoms with Gasteiger partial charge in [-0.3, -0.25) is 0 Å². The number of aromatic nitrogens is 4. The predicted molar refractivity (Wildman–Crippen MR) is 51.9 cm³/mol. The third-order valence-electron chi connectivity index (χ3n) is 1.80. The van der Waals surface area contributed by atoms with Gasteiger partial charge in [0.15, 0.2) is 0 Å². The maximum absolute atomic E-state index is 5.74. The minimum Gasteiger partial charge on any atom is -0.395 e. The van der Waals surface area contributed by atoms with E-state index in [0.29, 0.717) is 22.8 Å². The molecule has 4 N–H and O–H groups in total. The Labute approximate surface area is 80.0 Å². The molecule has 0 aromatic carbocycles. The summed E-state index contributed by atoms with van der Waals surface area (Å²) in [5.41, 5.74) is 13.1. The van der Waals surface area contributed by atoms with E-state index in [4.69, 9.17) is 11.5 Å². The van der Waals surface area contributed by atoms with Crippen LogP contribution in [0.4, 0.5) is 11.5 Å². The summed E-state index contributed by atoms with van der Waals surface area (Å²) in [6.07, 6.45) is 3.11. The van der Waals surface area contributed by atoms with Crippen LogP contribution in [-0.2, 0) is 0 Å². The quantitative estimate of drug-likeness (QED) is 0.657. The Morgan fingerprint density at radius 1 is 1.07 bits per heavy atom. The molecule has 2 heterocycles. The van der Waals surface area contributed by atoms with Crippen LogP contribution in [0.15, 0.2) is 24.5 Å². The largest absolute Gasteiger partial charge is 0.395 e. The topological polar surface area (TPSA) is 104 Å².